The molecule has 35 heavy (non-hydrogen) atoms. The van der Waals surface area contributed by atoms with Crippen LogP contribution in [0.3, 0.4) is 0 Å². The van der Waals surface area contributed by atoms with Gasteiger partial charge in [0.15, 0.2) is 5.82 Å². The molecule has 2 N–H and O–H groups in total. The third-order valence-corrected chi connectivity index (χ3v) is 6.28. The molecule has 3 heterocycles. The number of hydrogen-bond donors (Lipinski definition) is 2. The highest BCUT2D eigenvalue weighted by molar-refractivity contribution is 5.90. The number of fused-ring (bicyclic) bond motifs is 1. The van der Waals surface area contributed by atoms with Crippen molar-refractivity contribution in [1.29, 1.82) is 0 Å². The summed E-state index contributed by atoms with van der Waals surface area (Å²) in [6.07, 6.45) is -1.11. The van der Waals surface area contributed by atoms with E-state index in [2.05, 4.69) is 20.5 Å². The van der Waals surface area contributed by atoms with E-state index in [1.54, 1.807) is 39.4 Å². The van der Waals surface area contributed by atoms with Gasteiger partial charge in [0.05, 0.1) is 24.0 Å². The van der Waals surface area contributed by atoms with Crippen molar-refractivity contribution in [3.8, 4) is 0 Å². The summed E-state index contributed by atoms with van der Waals surface area (Å²) in [4.78, 5) is 31.3. The van der Waals surface area contributed by atoms with Crippen molar-refractivity contribution >= 4 is 12.0 Å². The summed E-state index contributed by atoms with van der Waals surface area (Å²) in [5, 5.41) is 5.40. The Morgan fingerprint density at radius 1 is 1.23 bits per heavy atom. The highest BCUT2D eigenvalue weighted by Crippen LogP contribution is 2.35. The fraction of sp³-hybridized carbons (Fsp3) is 0.542. The lowest BCUT2D eigenvalue weighted by molar-refractivity contribution is -0.0630. The maximum atomic E-state index is 14.6. The van der Waals surface area contributed by atoms with Crippen molar-refractivity contribution in [2.45, 2.75) is 64.1 Å². The lowest BCUT2D eigenvalue weighted by atomic mass is 9.92. The molecular weight excluding hydrogens is 460 g/mol. The van der Waals surface area contributed by atoms with E-state index in [0.717, 1.165) is 29.6 Å². The molecule has 3 atom stereocenters. The topological polar surface area (TPSA) is 97.7 Å². The van der Waals surface area contributed by atoms with Crippen LogP contribution in [-0.2, 0) is 29.6 Å². The zero-order valence-corrected chi connectivity index (χ0v) is 20.5. The van der Waals surface area contributed by atoms with Crippen molar-refractivity contribution in [3.63, 3.8) is 0 Å². The van der Waals surface area contributed by atoms with Gasteiger partial charge in [0, 0.05) is 38.8 Å². The standard InChI is InChI=1S/C24H31F2N5O4/c1-24(2,3)35-23(33)29-17-9-14(12-34-20(17)15-8-13(25)6-7-16(15)26)31-10-18-19(11-31)30(5)21(28-18)22(32)27-4/h6-8,14,17,20H,9-12H2,1-5H3,(H,27,32)(H,29,33)/t14-,17+,20-/m1/s1. The third-order valence-electron chi connectivity index (χ3n) is 6.28. The molecule has 2 amide bonds. The van der Waals surface area contributed by atoms with E-state index in [4.69, 9.17) is 9.47 Å². The summed E-state index contributed by atoms with van der Waals surface area (Å²) in [7, 11) is 3.36. The summed E-state index contributed by atoms with van der Waals surface area (Å²) < 4.78 is 41.8. The van der Waals surface area contributed by atoms with Crippen LogP contribution in [0.2, 0.25) is 0 Å². The van der Waals surface area contributed by atoms with Crippen LogP contribution in [0.5, 0.6) is 0 Å². The van der Waals surface area contributed by atoms with Crippen molar-refractivity contribution < 1.29 is 27.8 Å². The van der Waals surface area contributed by atoms with Crippen LogP contribution >= 0.6 is 0 Å². The van der Waals surface area contributed by atoms with Gasteiger partial charge in [-0.1, -0.05) is 0 Å². The van der Waals surface area contributed by atoms with Gasteiger partial charge in [-0.2, -0.15) is 0 Å². The second kappa shape index (κ2) is 9.54. The number of carbonyl (C=O) groups excluding carboxylic acids is 2. The zero-order chi connectivity index (χ0) is 25.5. The smallest absolute Gasteiger partial charge is 0.407 e. The SMILES string of the molecule is CNC(=O)c1nc2c(n1C)CN([C@H]1CO[C@H](c3cc(F)ccc3F)[C@@H](NC(=O)OC(C)(C)C)C1)C2. The van der Waals surface area contributed by atoms with Gasteiger partial charge < -0.3 is 24.7 Å². The predicted octanol–water partition coefficient (Wildman–Crippen LogP) is 2.80. The molecule has 0 bridgehead atoms. The van der Waals surface area contributed by atoms with Crippen LogP contribution < -0.4 is 10.6 Å². The van der Waals surface area contributed by atoms with Crippen LogP contribution in [0.15, 0.2) is 18.2 Å². The molecule has 2 aliphatic rings. The molecule has 190 valence electrons. The second-order valence-corrected chi connectivity index (χ2v) is 9.93. The van der Waals surface area contributed by atoms with Crippen LogP contribution in [0, 0.1) is 11.6 Å². The molecule has 1 saturated heterocycles. The number of rotatable bonds is 4. The fourth-order valence-electron chi connectivity index (χ4n) is 4.63. The van der Waals surface area contributed by atoms with E-state index in [0.29, 0.717) is 25.3 Å². The number of ether oxygens (including phenoxy) is 2. The Labute approximate surface area is 202 Å². The molecule has 2 aliphatic heterocycles. The first-order valence-electron chi connectivity index (χ1n) is 11.5. The van der Waals surface area contributed by atoms with Gasteiger partial charge in [-0.25, -0.2) is 18.6 Å². The number of nitrogens with one attached hydrogen (secondary N) is 2. The summed E-state index contributed by atoms with van der Waals surface area (Å²) in [6.45, 7) is 6.55. The Morgan fingerprint density at radius 3 is 2.63 bits per heavy atom. The molecule has 9 nitrogen and oxygen atoms in total. The fourth-order valence-corrected chi connectivity index (χ4v) is 4.63. The van der Waals surface area contributed by atoms with E-state index in [1.807, 2.05) is 0 Å². The monoisotopic (exact) mass is 491 g/mol. The van der Waals surface area contributed by atoms with Crippen LogP contribution in [0.4, 0.5) is 13.6 Å². The number of alkyl carbamates (subject to hydrolysis) is 1. The minimum atomic E-state index is -0.877. The van der Waals surface area contributed by atoms with Gasteiger partial charge in [-0.05, 0) is 45.4 Å². The number of carbonyl (C=O) groups is 2. The minimum absolute atomic E-state index is 0.0473. The van der Waals surface area contributed by atoms with Crippen LogP contribution in [0.25, 0.3) is 0 Å². The van der Waals surface area contributed by atoms with Gasteiger partial charge in [0.2, 0.25) is 0 Å². The lowest BCUT2D eigenvalue weighted by Crippen LogP contribution is -2.52. The first-order chi connectivity index (χ1) is 16.5. The Balaban J connectivity index is 1.54. The number of halogens is 2. The molecule has 4 rings (SSSR count). The summed E-state index contributed by atoms with van der Waals surface area (Å²) in [5.74, 6) is -1.10. The molecule has 0 radical (unpaired) electrons. The van der Waals surface area contributed by atoms with Crippen LogP contribution in [-0.4, -0.2) is 57.8 Å². The molecule has 1 fully saturated rings. The van der Waals surface area contributed by atoms with Gasteiger partial charge in [0.1, 0.15) is 23.3 Å². The highest BCUT2D eigenvalue weighted by atomic mass is 19.1. The number of amides is 2. The number of aromatic nitrogens is 2. The quantitative estimate of drug-likeness (QED) is 0.683. The Morgan fingerprint density at radius 2 is 1.97 bits per heavy atom. The summed E-state index contributed by atoms with van der Waals surface area (Å²) in [6, 6.07) is 2.42. The van der Waals surface area contributed by atoms with Crippen molar-refractivity contribution in [3.05, 3.63) is 52.6 Å². The molecule has 0 saturated carbocycles. The maximum absolute atomic E-state index is 14.6. The number of imidazole rings is 1. The molecule has 0 aliphatic carbocycles. The van der Waals surface area contributed by atoms with Gasteiger partial charge in [-0.3, -0.25) is 9.69 Å². The maximum Gasteiger partial charge on any atom is 0.407 e. The molecule has 2 aromatic rings. The molecule has 0 spiro atoms. The largest absolute Gasteiger partial charge is 0.444 e. The van der Waals surface area contributed by atoms with Crippen molar-refractivity contribution in [2.24, 2.45) is 7.05 Å². The van der Waals surface area contributed by atoms with E-state index >= 15 is 0 Å². The van der Waals surface area contributed by atoms with E-state index in [-0.39, 0.29) is 24.1 Å². The number of nitrogens with zero attached hydrogens (tertiary/aromatic N) is 3. The Kier molecular flexibility index (Phi) is 6.83. The summed E-state index contributed by atoms with van der Waals surface area (Å²) in [5.41, 5.74) is 1.06. The van der Waals surface area contributed by atoms with Crippen LogP contribution in [0.1, 0.15) is 60.9 Å². The number of hydrogen-bond acceptors (Lipinski definition) is 6. The van der Waals surface area contributed by atoms with Crippen molar-refractivity contribution in [1.82, 2.24) is 25.1 Å². The molecule has 11 heteroatoms. The van der Waals surface area contributed by atoms with Gasteiger partial charge in [-0.15, -0.1) is 0 Å². The molecule has 1 aromatic heterocycles. The minimum Gasteiger partial charge on any atom is -0.444 e. The Hall–Kier alpha value is -3.05. The first-order valence-corrected chi connectivity index (χ1v) is 11.5. The van der Waals surface area contributed by atoms with Gasteiger partial charge >= 0.3 is 6.09 Å². The van der Waals surface area contributed by atoms with E-state index < -0.39 is 35.5 Å². The number of benzene rings is 1. The Bertz CT molecular complexity index is 1130. The molecule has 0 unspecified atom stereocenters. The second-order valence-electron chi connectivity index (χ2n) is 9.93. The normalized spacial score (nSPS) is 22.5. The molecular formula is C24H31F2N5O4. The predicted molar refractivity (Wildman–Crippen MR) is 122 cm³/mol. The van der Waals surface area contributed by atoms with E-state index in [9.17, 15) is 18.4 Å². The summed E-state index contributed by atoms with van der Waals surface area (Å²) >= 11 is 0. The highest BCUT2D eigenvalue weighted by Gasteiger charge is 2.40. The third kappa shape index (κ3) is 5.30. The molecule has 1 aromatic carbocycles. The van der Waals surface area contributed by atoms with Crippen molar-refractivity contribution in [2.75, 3.05) is 13.7 Å². The zero-order valence-electron chi connectivity index (χ0n) is 20.5. The average molecular weight is 492 g/mol. The van der Waals surface area contributed by atoms with Gasteiger partial charge in [0.25, 0.3) is 5.91 Å². The lowest BCUT2D eigenvalue weighted by Gasteiger charge is -2.40. The van der Waals surface area contributed by atoms with E-state index in [1.165, 1.54) is 0 Å². The first kappa shape index (κ1) is 25.1. The average Bonchev–Trinajstić information content (AvgIpc) is 3.33.